The Morgan fingerprint density at radius 3 is 2.36 bits per heavy atom. The lowest BCUT2D eigenvalue weighted by atomic mass is 10.2. The van der Waals surface area contributed by atoms with Gasteiger partial charge in [0.1, 0.15) is 6.04 Å². The van der Waals surface area contributed by atoms with Gasteiger partial charge in [0.15, 0.2) is 0 Å². The van der Waals surface area contributed by atoms with E-state index >= 15 is 0 Å². The third kappa shape index (κ3) is 5.40. The summed E-state index contributed by atoms with van der Waals surface area (Å²) in [5, 5.41) is 9.07. The fourth-order valence-corrected chi connectivity index (χ4v) is 3.66. The summed E-state index contributed by atoms with van der Waals surface area (Å²) in [6.45, 7) is 7.43. The maximum Gasteiger partial charge on any atom is 0.331 e. The Bertz CT molecular complexity index is 462. The Labute approximate surface area is 130 Å². The van der Waals surface area contributed by atoms with Crippen molar-refractivity contribution >= 4 is 19.5 Å². The first-order valence-electron chi connectivity index (χ1n) is 7.05. The second kappa shape index (κ2) is 8.88. The average molecular weight is 331 g/mol. The number of nitrogens with zero attached hydrogens (tertiary/aromatic N) is 1. The van der Waals surface area contributed by atoms with Crippen LogP contribution in [-0.4, -0.2) is 53.8 Å². The number of carboxylic acid groups (broad SMARTS) is 1. The monoisotopic (exact) mass is 331 g/mol. The lowest BCUT2D eigenvalue weighted by Crippen LogP contribution is -2.40. The molecule has 1 aliphatic heterocycles. The van der Waals surface area contributed by atoms with Crippen molar-refractivity contribution in [2.24, 2.45) is 0 Å². The summed E-state index contributed by atoms with van der Waals surface area (Å²) in [6, 6.07) is -0.796. The van der Waals surface area contributed by atoms with Gasteiger partial charge in [0.05, 0.1) is 19.4 Å². The van der Waals surface area contributed by atoms with E-state index < -0.39 is 19.6 Å². The van der Waals surface area contributed by atoms with E-state index in [4.69, 9.17) is 14.2 Å². The van der Waals surface area contributed by atoms with Crippen LogP contribution in [0, 0.1) is 0 Å². The molecule has 0 aromatic carbocycles. The van der Waals surface area contributed by atoms with Crippen LogP contribution in [0.25, 0.3) is 0 Å². The van der Waals surface area contributed by atoms with Crippen LogP contribution >= 0.6 is 7.60 Å². The second-order valence-corrected chi connectivity index (χ2v) is 7.02. The van der Waals surface area contributed by atoms with E-state index in [0.29, 0.717) is 19.4 Å². The van der Waals surface area contributed by atoms with Crippen molar-refractivity contribution in [3.63, 3.8) is 0 Å². The molecule has 0 aromatic heterocycles. The SMILES string of the molecule is C=CCOP(=O)(CCC(=O)N1CCC[C@H]1C(=O)O)OCC=C. The normalized spacial score (nSPS) is 18.2. The number of carbonyl (C=O) groups excluding carboxylic acids is 1. The van der Waals surface area contributed by atoms with Crippen molar-refractivity contribution in [2.45, 2.75) is 25.3 Å². The fourth-order valence-electron chi connectivity index (χ4n) is 2.20. The number of aliphatic carboxylic acids is 1. The van der Waals surface area contributed by atoms with Crippen molar-refractivity contribution in [3.05, 3.63) is 25.3 Å². The third-order valence-electron chi connectivity index (χ3n) is 3.24. The number of likely N-dealkylation sites (tertiary alicyclic amines) is 1. The lowest BCUT2D eigenvalue weighted by molar-refractivity contribution is -0.148. The summed E-state index contributed by atoms with van der Waals surface area (Å²) in [7, 11) is -3.43. The van der Waals surface area contributed by atoms with Crippen LogP contribution in [0.2, 0.25) is 0 Å². The van der Waals surface area contributed by atoms with Crippen molar-refractivity contribution in [3.8, 4) is 0 Å². The fraction of sp³-hybridized carbons (Fsp3) is 0.571. The van der Waals surface area contributed by atoms with Crippen molar-refractivity contribution in [1.82, 2.24) is 4.90 Å². The Hall–Kier alpha value is -1.43. The van der Waals surface area contributed by atoms with Gasteiger partial charge in [-0.15, -0.1) is 13.2 Å². The summed E-state index contributed by atoms with van der Waals surface area (Å²) in [6.07, 6.45) is 3.78. The molecule has 1 saturated heterocycles. The molecule has 0 unspecified atom stereocenters. The number of amides is 1. The molecule has 124 valence electrons. The molecule has 1 aliphatic rings. The van der Waals surface area contributed by atoms with Crippen LogP contribution < -0.4 is 0 Å². The second-order valence-electron chi connectivity index (χ2n) is 4.84. The van der Waals surface area contributed by atoms with Gasteiger partial charge in [-0.25, -0.2) is 4.79 Å². The van der Waals surface area contributed by atoms with E-state index in [1.54, 1.807) is 0 Å². The zero-order valence-electron chi connectivity index (χ0n) is 12.5. The minimum absolute atomic E-state index is 0.0457. The average Bonchev–Trinajstić information content (AvgIpc) is 2.99. The van der Waals surface area contributed by atoms with Gasteiger partial charge in [0, 0.05) is 13.0 Å². The molecule has 0 bridgehead atoms. The van der Waals surface area contributed by atoms with Gasteiger partial charge in [-0.3, -0.25) is 9.36 Å². The van der Waals surface area contributed by atoms with E-state index in [-0.39, 0.29) is 31.7 Å². The summed E-state index contributed by atoms with van der Waals surface area (Å²) in [4.78, 5) is 24.5. The summed E-state index contributed by atoms with van der Waals surface area (Å²) in [5.74, 6) is -1.37. The van der Waals surface area contributed by atoms with Crippen LogP contribution in [-0.2, 0) is 23.2 Å². The van der Waals surface area contributed by atoms with Crippen molar-refractivity contribution in [2.75, 3.05) is 25.9 Å². The molecular weight excluding hydrogens is 309 g/mol. The van der Waals surface area contributed by atoms with Gasteiger partial charge < -0.3 is 19.1 Å². The lowest BCUT2D eigenvalue weighted by Gasteiger charge is -2.23. The molecule has 1 atom stereocenters. The summed E-state index contributed by atoms with van der Waals surface area (Å²) >= 11 is 0. The minimum Gasteiger partial charge on any atom is -0.480 e. The van der Waals surface area contributed by atoms with E-state index in [0.717, 1.165) is 0 Å². The predicted molar refractivity (Wildman–Crippen MR) is 81.8 cm³/mol. The highest BCUT2D eigenvalue weighted by molar-refractivity contribution is 7.53. The molecule has 1 rings (SSSR count). The maximum absolute atomic E-state index is 12.4. The highest BCUT2D eigenvalue weighted by Gasteiger charge is 2.35. The van der Waals surface area contributed by atoms with Crippen LogP contribution in [0.1, 0.15) is 19.3 Å². The standard InChI is InChI=1S/C14H22NO6P/c1-3-9-20-22(19,21-10-4-2)11-7-13(16)15-8-5-6-12(15)14(17)18/h3-4,12H,1-2,5-11H2,(H,17,18)/t12-/m0/s1. The van der Waals surface area contributed by atoms with Gasteiger partial charge in [0.2, 0.25) is 5.91 Å². The molecule has 0 spiro atoms. The van der Waals surface area contributed by atoms with Gasteiger partial charge in [-0.2, -0.15) is 0 Å². The molecule has 1 heterocycles. The third-order valence-corrected chi connectivity index (χ3v) is 5.09. The first-order valence-corrected chi connectivity index (χ1v) is 8.78. The highest BCUT2D eigenvalue weighted by atomic mass is 31.2. The molecule has 1 N–H and O–H groups in total. The maximum atomic E-state index is 12.4. The molecule has 1 amide bonds. The Balaban J connectivity index is 2.61. The number of carboxylic acids is 1. The van der Waals surface area contributed by atoms with Gasteiger partial charge in [-0.05, 0) is 12.8 Å². The van der Waals surface area contributed by atoms with E-state index in [2.05, 4.69) is 13.2 Å². The Morgan fingerprint density at radius 1 is 1.27 bits per heavy atom. The topological polar surface area (TPSA) is 93.1 Å². The van der Waals surface area contributed by atoms with Gasteiger partial charge in [-0.1, -0.05) is 12.2 Å². The number of hydrogen-bond donors (Lipinski definition) is 1. The summed E-state index contributed by atoms with van der Waals surface area (Å²) in [5.41, 5.74) is 0. The summed E-state index contributed by atoms with van der Waals surface area (Å²) < 4.78 is 22.7. The first-order chi connectivity index (χ1) is 10.4. The Kier molecular flexibility index (Phi) is 7.51. The van der Waals surface area contributed by atoms with Crippen LogP contribution in [0.3, 0.4) is 0 Å². The van der Waals surface area contributed by atoms with E-state index in [9.17, 15) is 14.2 Å². The van der Waals surface area contributed by atoms with Gasteiger partial charge >= 0.3 is 13.6 Å². The highest BCUT2D eigenvalue weighted by Crippen LogP contribution is 2.48. The van der Waals surface area contributed by atoms with Crippen LogP contribution in [0.5, 0.6) is 0 Å². The van der Waals surface area contributed by atoms with Crippen molar-refractivity contribution in [1.29, 1.82) is 0 Å². The van der Waals surface area contributed by atoms with Crippen LogP contribution in [0.4, 0.5) is 0 Å². The van der Waals surface area contributed by atoms with Crippen molar-refractivity contribution < 1.29 is 28.3 Å². The molecule has 8 heteroatoms. The molecule has 0 aliphatic carbocycles. The zero-order chi connectivity index (χ0) is 16.6. The van der Waals surface area contributed by atoms with Crippen LogP contribution in [0.15, 0.2) is 25.3 Å². The molecule has 0 aromatic rings. The van der Waals surface area contributed by atoms with E-state index in [1.807, 2.05) is 0 Å². The zero-order valence-corrected chi connectivity index (χ0v) is 13.4. The van der Waals surface area contributed by atoms with Gasteiger partial charge in [0.25, 0.3) is 0 Å². The number of rotatable bonds is 10. The molecule has 7 nitrogen and oxygen atoms in total. The molecule has 0 radical (unpaired) electrons. The number of hydrogen-bond acceptors (Lipinski definition) is 5. The predicted octanol–water partition coefficient (Wildman–Crippen LogP) is 2.05. The molecular formula is C14H22NO6P. The molecule has 22 heavy (non-hydrogen) atoms. The molecule has 1 fully saturated rings. The smallest absolute Gasteiger partial charge is 0.331 e. The largest absolute Gasteiger partial charge is 0.480 e. The first kappa shape index (κ1) is 18.6. The minimum atomic E-state index is -3.43. The molecule has 0 saturated carbocycles. The quantitative estimate of drug-likeness (QED) is 0.486. The number of carbonyl (C=O) groups is 2. The Morgan fingerprint density at radius 2 is 1.86 bits per heavy atom. The van der Waals surface area contributed by atoms with E-state index in [1.165, 1.54) is 17.1 Å².